The molecular formula is C62H84N3O13PS. The maximum atomic E-state index is 12.3. The van der Waals surface area contributed by atoms with Gasteiger partial charge in [-0.1, -0.05) is 132 Å². The Morgan fingerprint density at radius 1 is 0.537 bits per heavy atom. The highest BCUT2D eigenvalue weighted by molar-refractivity contribution is 7.95. The minimum absolute atomic E-state index is 0.00200. The van der Waals surface area contributed by atoms with E-state index in [0.29, 0.717) is 65.0 Å². The summed E-state index contributed by atoms with van der Waals surface area (Å²) in [4.78, 5) is 63.6. The molecule has 0 aromatic heterocycles. The van der Waals surface area contributed by atoms with Crippen LogP contribution >= 0.6 is 6.89 Å². The van der Waals surface area contributed by atoms with Crippen molar-refractivity contribution in [2.24, 2.45) is 0 Å². The highest BCUT2D eigenvalue weighted by Gasteiger charge is 2.29. The van der Waals surface area contributed by atoms with Gasteiger partial charge in [0.1, 0.15) is 22.6 Å². The van der Waals surface area contributed by atoms with Gasteiger partial charge < -0.3 is 38.8 Å². The molecule has 4 aromatic carbocycles. The van der Waals surface area contributed by atoms with Crippen LogP contribution in [0, 0.1) is 6.92 Å². The summed E-state index contributed by atoms with van der Waals surface area (Å²) in [5.41, 5.74) is 1.90. The molecule has 0 saturated carbocycles. The summed E-state index contributed by atoms with van der Waals surface area (Å²) in [6, 6.07) is 37.2. The number of piperidine rings is 3. The fourth-order valence-electron chi connectivity index (χ4n) is 8.29. The molecule has 80 heavy (non-hydrogen) atoms. The second-order valence-electron chi connectivity index (χ2n) is 22.3. The minimum atomic E-state index is -3.75. The molecule has 1 N–H and O–H groups in total. The second kappa shape index (κ2) is 30.9. The van der Waals surface area contributed by atoms with Gasteiger partial charge in [-0.05, 0) is 130 Å². The summed E-state index contributed by atoms with van der Waals surface area (Å²) in [6.07, 6.45) is 6.71. The van der Waals surface area contributed by atoms with Crippen LogP contribution in [0.1, 0.15) is 106 Å². The van der Waals surface area contributed by atoms with Gasteiger partial charge in [-0.15, -0.1) is 0 Å². The van der Waals surface area contributed by atoms with E-state index in [0.717, 1.165) is 39.9 Å². The van der Waals surface area contributed by atoms with Gasteiger partial charge in [0.05, 0.1) is 25.2 Å². The van der Waals surface area contributed by atoms with E-state index in [-0.39, 0.29) is 48.1 Å². The van der Waals surface area contributed by atoms with Crippen molar-refractivity contribution >= 4 is 68.7 Å². The monoisotopic (exact) mass is 1140 g/mol. The molecule has 7 rings (SSSR count). The number of aliphatic hydroxyl groups is 1. The van der Waals surface area contributed by atoms with E-state index in [1.54, 1.807) is 38.7 Å². The topological polar surface area (TPSA) is 196 Å². The molecule has 16 nitrogen and oxygen atoms in total. The molecule has 0 spiro atoms. The predicted molar refractivity (Wildman–Crippen MR) is 317 cm³/mol. The van der Waals surface area contributed by atoms with Crippen molar-refractivity contribution in [1.82, 2.24) is 14.7 Å². The number of hydrogen-bond acceptors (Lipinski definition) is 13. The molecule has 436 valence electrons. The molecule has 0 unspecified atom stereocenters. The molecule has 0 aliphatic carbocycles. The maximum absolute atomic E-state index is 12.3. The maximum Gasteiger partial charge on any atom is 0.410 e. The zero-order chi connectivity index (χ0) is 59.2. The number of ether oxygens (including phenoxy) is 4. The minimum Gasteiger partial charge on any atom is -0.466 e. The van der Waals surface area contributed by atoms with Crippen molar-refractivity contribution in [2.45, 2.75) is 129 Å². The Morgan fingerprint density at radius 2 is 0.875 bits per heavy atom. The Labute approximate surface area is 475 Å². The summed E-state index contributed by atoms with van der Waals surface area (Å²) < 4.78 is 50.2. The number of aryl methyl sites for hydroxylation is 1. The van der Waals surface area contributed by atoms with Crippen molar-refractivity contribution < 1.29 is 60.6 Å². The van der Waals surface area contributed by atoms with E-state index < -0.39 is 33.8 Å². The van der Waals surface area contributed by atoms with Gasteiger partial charge in [0, 0.05) is 57.9 Å². The number of rotatable bonds is 9. The van der Waals surface area contributed by atoms with Gasteiger partial charge in [0.15, 0.2) is 0 Å². The van der Waals surface area contributed by atoms with E-state index in [1.807, 2.05) is 130 Å². The summed E-state index contributed by atoms with van der Waals surface area (Å²) in [6.45, 7) is 19.8. The first kappa shape index (κ1) is 66.0. The van der Waals surface area contributed by atoms with Crippen molar-refractivity contribution in [3.05, 3.63) is 144 Å². The Kier molecular flexibility index (Phi) is 25.5. The largest absolute Gasteiger partial charge is 0.466 e. The molecule has 0 bridgehead atoms. The van der Waals surface area contributed by atoms with Crippen LogP contribution in [0.15, 0.2) is 143 Å². The second-order valence-corrected chi connectivity index (χ2v) is 27.1. The third kappa shape index (κ3) is 22.6. The van der Waals surface area contributed by atoms with Crippen LogP contribution in [0.25, 0.3) is 0 Å². The number of nitrogens with zero attached hydrogens (tertiary/aromatic N) is 3. The molecule has 3 fully saturated rings. The Bertz CT molecular complexity index is 2740. The van der Waals surface area contributed by atoms with Gasteiger partial charge in [-0.25, -0.2) is 19.2 Å². The van der Waals surface area contributed by atoms with Crippen LogP contribution in [0.4, 0.5) is 14.4 Å². The smallest absolute Gasteiger partial charge is 0.410 e. The zero-order valence-corrected chi connectivity index (χ0v) is 50.4. The molecule has 3 aliphatic rings. The van der Waals surface area contributed by atoms with Gasteiger partial charge in [-0.2, -0.15) is 8.42 Å². The van der Waals surface area contributed by atoms with E-state index in [1.165, 1.54) is 24.8 Å². The highest BCUT2D eigenvalue weighted by Crippen LogP contribution is 2.43. The number of esters is 1. The van der Waals surface area contributed by atoms with Crippen LogP contribution < -0.4 is 15.9 Å². The van der Waals surface area contributed by atoms with Crippen molar-refractivity contribution in [3.8, 4) is 0 Å². The summed E-state index contributed by atoms with van der Waals surface area (Å²) >= 11 is 0. The molecule has 3 saturated heterocycles. The average molecular weight is 1140 g/mol. The third-order valence-electron chi connectivity index (χ3n) is 12.4. The normalized spacial score (nSPS) is 15.0. The first-order valence-electron chi connectivity index (χ1n) is 27.0. The SMILES string of the molecule is CC(C)(C)OC(=O)N1CCC(=CCO)CC1.CC(C)(C)OC(=O)N1CCC(=O)CC1.COC(=O)C=P(c1ccccc1)(c1ccccc1)c1ccccc1.Cc1ccc(S(=O)(=O)OCC=C2CCN(C(=O)OC(C)(C)C)CC2)cc1. The lowest BCUT2D eigenvalue weighted by Crippen LogP contribution is -2.41. The van der Waals surface area contributed by atoms with Crippen LogP contribution in [-0.4, -0.2) is 140 Å². The van der Waals surface area contributed by atoms with Gasteiger partial charge in [0.2, 0.25) is 0 Å². The molecule has 3 amide bonds. The summed E-state index contributed by atoms with van der Waals surface area (Å²) in [5, 5.41) is 12.2. The first-order valence-corrected chi connectivity index (χ1v) is 30.3. The van der Waals surface area contributed by atoms with Crippen LogP contribution in [0.3, 0.4) is 0 Å². The molecule has 0 atom stereocenters. The van der Waals surface area contributed by atoms with E-state index in [9.17, 15) is 32.4 Å². The average Bonchev–Trinajstić information content (AvgIpc) is 3.60. The molecule has 0 radical (unpaired) electrons. The fraction of sp³-hybridized carbons (Fsp3) is 0.452. The number of ketones is 1. The molecule has 18 heteroatoms. The third-order valence-corrected chi connectivity index (χ3v) is 17.6. The highest BCUT2D eigenvalue weighted by atomic mass is 32.2. The van der Waals surface area contributed by atoms with Crippen molar-refractivity contribution in [3.63, 3.8) is 0 Å². The zero-order valence-electron chi connectivity index (χ0n) is 48.6. The number of hydrogen-bond donors (Lipinski definition) is 1. The van der Waals surface area contributed by atoms with Gasteiger partial charge in [-0.3, -0.25) is 8.98 Å². The lowest BCUT2D eigenvalue weighted by atomic mass is 10.0. The van der Waals surface area contributed by atoms with Gasteiger partial charge in [0.25, 0.3) is 10.1 Å². The quantitative estimate of drug-likeness (QED) is 0.0547. The number of carbonyl (C=O) groups excluding carboxylic acids is 5. The molecule has 3 heterocycles. The number of Topliss-reactive ketones (excluding diaryl/α,β-unsaturated/α-hetero) is 1. The fourth-order valence-corrected chi connectivity index (χ4v) is 12.8. The number of amides is 3. The first-order chi connectivity index (χ1) is 37.6. The predicted octanol–water partition coefficient (Wildman–Crippen LogP) is 10.1. The van der Waals surface area contributed by atoms with Crippen molar-refractivity contribution in [2.75, 3.05) is 59.6 Å². The lowest BCUT2D eigenvalue weighted by molar-refractivity contribution is -0.132. The van der Waals surface area contributed by atoms with E-state index >= 15 is 0 Å². The van der Waals surface area contributed by atoms with Crippen LogP contribution in [-0.2, 0) is 42.8 Å². The molecule has 4 aromatic rings. The van der Waals surface area contributed by atoms with Crippen LogP contribution in [0.5, 0.6) is 0 Å². The molecular weight excluding hydrogens is 1060 g/mol. The summed E-state index contributed by atoms with van der Waals surface area (Å²) in [7, 11) is -2.33. The number of likely N-dealkylation sites (tertiary alicyclic amines) is 3. The lowest BCUT2D eigenvalue weighted by Gasteiger charge is -2.31. The van der Waals surface area contributed by atoms with E-state index in [2.05, 4.69) is 36.4 Å². The van der Waals surface area contributed by atoms with Crippen molar-refractivity contribution in [1.29, 1.82) is 0 Å². The Morgan fingerprint density at radius 3 is 1.20 bits per heavy atom. The van der Waals surface area contributed by atoms with Crippen LogP contribution in [0.2, 0.25) is 0 Å². The number of methoxy groups -OCH3 is 1. The number of carbonyl (C=O) groups is 5. The molecule has 3 aliphatic heterocycles. The Hall–Kier alpha value is -6.52. The van der Waals surface area contributed by atoms with E-state index in [4.69, 9.17) is 28.2 Å². The number of benzene rings is 4. The summed E-state index contributed by atoms with van der Waals surface area (Å²) in [5.74, 6) is 1.69. The Balaban J connectivity index is 0.000000237. The number of aliphatic hydroxyl groups excluding tert-OH is 1. The van der Waals surface area contributed by atoms with Gasteiger partial charge >= 0.3 is 24.2 Å². The standard InChI is InChI=1S/C21H19O2P.C19H27NO5S.C12H21NO3.C10H17NO3/c1-23-21(22)17-24(18-11-5-2-6-12-18,19-13-7-3-8-14-19)20-15-9-4-10-16-20;1-15-5-7-17(8-6-15)26(22,23)24-14-11-16-9-12-20(13-10-16)18(21)25-19(2,3)4;1-12(2,3)16-11(15)13-7-4-10(5-8-13)6-9-14;1-10(2,3)14-9(13)11-6-4-8(12)5-7-11/h2-17H,1H3;5-8,11H,9-10,12-14H2,1-4H3;6,14H,4-5,7-9H2,1-3H3;4-7H2,1-3H3.